The van der Waals surface area contributed by atoms with E-state index >= 15 is 0 Å². The number of halogens is 1. The summed E-state index contributed by atoms with van der Waals surface area (Å²) in [5.41, 5.74) is 0.800. The lowest BCUT2D eigenvalue weighted by Gasteiger charge is -2.31. The molecule has 1 atom stereocenters. The zero-order valence-corrected chi connectivity index (χ0v) is 18.1. The van der Waals surface area contributed by atoms with Crippen molar-refractivity contribution in [2.45, 2.75) is 39.7 Å². The lowest BCUT2D eigenvalue weighted by molar-refractivity contribution is 0.114. The van der Waals surface area contributed by atoms with Crippen LogP contribution >= 0.6 is 0 Å². The van der Waals surface area contributed by atoms with Crippen molar-refractivity contribution in [1.29, 1.82) is 0 Å². The van der Waals surface area contributed by atoms with E-state index in [0.717, 1.165) is 76.8 Å². The van der Waals surface area contributed by atoms with Crippen LogP contribution in [0.5, 0.6) is 0 Å². The molecule has 5 nitrogen and oxygen atoms in total. The van der Waals surface area contributed by atoms with E-state index in [1.165, 1.54) is 6.42 Å². The van der Waals surface area contributed by atoms with Gasteiger partial charge in [0.2, 0.25) is 0 Å². The van der Waals surface area contributed by atoms with Gasteiger partial charge in [-0.15, -0.1) is 0 Å². The molecule has 3 rings (SSSR count). The normalized spacial score (nSPS) is 21.7. The molecule has 6 heteroatoms. The average Bonchev–Trinajstić information content (AvgIpc) is 3.21. The van der Waals surface area contributed by atoms with Gasteiger partial charge in [0.15, 0.2) is 5.96 Å². The summed E-state index contributed by atoms with van der Waals surface area (Å²) in [7, 11) is 0. The first-order valence-corrected chi connectivity index (χ1v) is 11.3. The number of hydrogen-bond acceptors (Lipinski definition) is 3. The van der Waals surface area contributed by atoms with Crippen LogP contribution in [0.25, 0.3) is 0 Å². The molecule has 2 heterocycles. The van der Waals surface area contributed by atoms with Gasteiger partial charge in [-0.05, 0) is 58.2 Å². The summed E-state index contributed by atoms with van der Waals surface area (Å²) < 4.78 is 19.5. The number of nitrogens with zero attached hydrogens (tertiary/aromatic N) is 3. The van der Waals surface area contributed by atoms with E-state index in [2.05, 4.69) is 29.0 Å². The highest BCUT2D eigenvalue weighted by Crippen LogP contribution is 2.21. The van der Waals surface area contributed by atoms with Crippen LogP contribution in [0, 0.1) is 17.7 Å². The molecular formula is C23H37FN4O. The fourth-order valence-corrected chi connectivity index (χ4v) is 4.28. The number of rotatable bonds is 8. The van der Waals surface area contributed by atoms with Gasteiger partial charge in [-0.1, -0.05) is 18.2 Å². The highest BCUT2D eigenvalue weighted by molar-refractivity contribution is 5.80. The Labute approximate surface area is 175 Å². The van der Waals surface area contributed by atoms with Crippen LogP contribution in [-0.2, 0) is 11.3 Å². The Morgan fingerprint density at radius 1 is 1.14 bits per heavy atom. The molecular weight excluding hydrogens is 367 g/mol. The second kappa shape index (κ2) is 11.5. The van der Waals surface area contributed by atoms with Crippen LogP contribution < -0.4 is 5.32 Å². The van der Waals surface area contributed by atoms with Crippen molar-refractivity contribution in [3.05, 3.63) is 35.6 Å². The van der Waals surface area contributed by atoms with Gasteiger partial charge < -0.3 is 15.0 Å². The highest BCUT2D eigenvalue weighted by Gasteiger charge is 2.25. The summed E-state index contributed by atoms with van der Waals surface area (Å²) in [5, 5.41) is 3.47. The Kier molecular flexibility index (Phi) is 8.74. The van der Waals surface area contributed by atoms with Gasteiger partial charge in [0.1, 0.15) is 5.82 Å². The van der Waals surface area contributed by atoms with Crippen molar-refractivity contribution in [2.75, 3.05) is 52.5 Å². The standard InChI is InChI=1S/C23H37FN4O/c1-3-25-23(28-14-11-20(16-28)18-29-4-2)26-15-19-9-12-27(13-10-19)17-21-7-5-6-8-22(21)24/h5-8,19-20H,3-4,9-18H2,1-2H3,(H,25,26). The third-order valence-electron chi connectivity index (χ3n) is 6.04. The average molecular weight is 405 g/mol. The minimum absolute atomic E-state index is 0.0947. The zero-order chi connectivity index (χ0) is 20.5. The minimum atomic E-state index is -0.0947. The molecule has 0 bridgehead atoms. The first-order valence-electron chi connectivity index (χ1n) is 11.3. The Morgan fingerprint density at radius 2 is 1.90 bits per heavy atom. The molecule has 162 valence electrons. The lowest BCUT2D eigenvalue weighted by Crippen LogP contribution is -2.41. The van der Waals surface area contributed by atoms with Crippen LogP contribution in [0.4, 0.5) is 4.39 Å². The quantitative estimate of drug-likeness (QED) is 0.533. The maximum Gasteiger partial charge on any atom is 0.193 e. The van der Waals surface area contributed by atoms with E-state index in [4.69, 9.17) is 9.73 Å². The van der Waals surface area contributed by atoms with E-state index in [9.17, 15) is 4.39 Å². The Balaban J connectivity index is 1.45. The third-order valence-corrected chi connectivity index (χ3v) is 6.04. The molecule has 0 spiro atoms. The summed E-state index contributed by atoms with van der Waals surface area (Å²) in [6.45, 7) is 12.4. The van der Waals surface area contributed by atoms with E-state index in [-0.39, 0.29) is 5.82 Å². The molecule has 1 N–H and O–H groups in total. The predicted octanol–water partition coefficient (Wildman–Crippen LogP) is 3.36. The van der Waals surface area contributed by atoms with E-state index in [1.807, 2.05) is 12.1 Å². The van der Waals surface area contributed by atoms with Crippen molar-refractivity contribution in [3.63, 3.8) is 0 Å². The zero-order valence-electron chi connectivity index (χ0n) is 18.1. The van der Waals surface area contributed by atoms with Crippen molar-refractivity contribution >= 4 is 5.96 Å². The second-order valence-corrected chi connectivity index (χ2v) is 8.27. The molecule has 1 aromatic carbocycles. The van der Waals surface area contributed by atoms with Crippen LogP contribution in [0.15, 0.2) is 29.3 Å². The van der Waals surface area contributed by atoms with Gasteiger partial charge in [-0.2, -0.15) is 0 Å². The van der Waals surface area contributed by atoms with Crippen LogP contribution in [0.1, 0.15) is 38.7 Å². The van der Waals surface area contributed by atoms with Gasteiger partial charge >= 0.3 is 0 Å². The van der Waals surface area contributed by atoms with Gasteiger partial charge in [-0.3, -0.25) is 9.89 Å². The van der Waals surface area contributed by atoms with Crippen molar-refractivity contribution in [1.82, 2.24) is 15.1 Å². The molecule has 0 aromatic heterocycles. The van der Waals surface area contributed by atoms with Crippen molar-refractivity contribution in [2.24, 2.45) is 16.8 Å². The second-order valence-electron chi connectivity index (χ2n) is 8.27. The molecule has 1 unspecified atom stereocenters. The molecule has 2 fully saturated rings. The third kappa shape index (κ3) is 6.68. The minimum Gasteiger partial charge on any atom is -0.381 e. The van der Waals surface area contributed by atoms with E-state index in [1.54, 1.807) is 12.1 Å². The Bertz CT molecular complexity index is 646. The molecule has 2 aliphatic rings. The number of aliphatic imine (C=N–C) groups is 1. The first-order chi connectivity index (χ1) is 14.2. The van der Waals surface area contributed by atoms with Gasteiger partial charge in [0.05, 0.1) is 6.61 Å². The fraction of sp³-hybridized carbons (Fsp3) is 0.696. The largest absolute Gasteiger partial charge is 0.381 e. The predicted molar refractivity (Wildman–Crippen MR) is 117 cm³/mol. The maximum absolute atomic E-state index is 13.9. The number of nitrogens with one attached hydrogen (secondary N) is 1. The number of guanidine groups is 1. The summed E-state index contributed by atoms with van der Waals surface area (Å²) in [5.74, 6) is 2.19. The first kappa shape index (κ1) is 22.0. The number of likely N-dealkylation sites (tertiary alicyclic amines) is 2. The molecule has 0 aliphatic carbocycles. The van der Waals surface area contributed by atoms with E-state index < -0.39 is 0 Å². The molecule has 2 aliphatic heterocycles. The molecule has 0 amide bonds. The smallest absolute Gasteiger partial charge is 0.193 e. The monoisotopic (exact) mass is 404 g/mol. The molecule has 29 heavy (non-hydrogen) atoms. The SMILES string of the molecule is CCNC(=NCC1CCN(Cc2ccccc2F)CC1)N1CCC(COCC)C1. The number of benzene rings is 1. The fourth-order valence-electron chi connectivity index (χ4n) is 4.28. The van der Waals surface area contributed by atoms with Crippen molar-refractivity contribution in [3.8, 4) is 0 Å². The Morgan fingerprint density at radius 3 is 2.62 bits per heavy atom. The summed E-state index contributed by atoms with van der Waals surface area (Å²) in [6.07, 6.45) is 3.44. The van der Waals surface area contributed by atoms with Gasteiger partial charge in [0, 0.05) is 50.8 Å². The maximum atomic E-state index is 13.9. The summed E-state index contributed by atoms with van der Waals surface area (Å²) >= 11 is 0. The summed E-state index contributed by atoms with van der Waals surface area (Å²) in [4.78, 5) is 9.72. The Hall–Kier alpha value is -1.66. The molecule has 0 radical (unpaired) electrons. The van der Waals surface area contributed by atoms with E-state index in [0.29, 0.717) is 18.4 Å². The number of hydrogen-bond donors (Lipinski definition) is 1. The molecule has 1 aromatic rings. The van der Waals surface area contributed by atoms with Gasteiger partial charge in [0.25, 0.3) is 0 Å². The topological polar surface area (TPSA) is 40.1 Å². The van der Waals surface area contributed by atoms with Crippen LogP contribution in [0.2, 0.25) is 0 Å². The van der Waals surface area contributed by atoms with Gasteiger partial charge in [-0.25, -0.2) is 4.39 Å². The van der Waals surface area contributed by atoms with Crippen LogP contribution in [0.3, 0.4) is 0 Å². The number of piperidine rings is 1. The summed E-state index contributed by atoms with van der Waals surface area (Å²) in [6, 6.07) is 7.11. The lowest BCUT2D eigenvalue weighted by atomic mass is 9.96. The highest BCUT2D eigenvalue weighted by atomic mass is 19.1. The van der Waals surface area contributed by atoms with Crippen molar-refractivity contribution < 1.29 is 9.13 Å². The number of ether oxygens (including phenoxy) is 1. The molecule has 2 saturated heterocycles. The van der Waals surface area contributed by atoms with Crippen LogP contribution in [-0.4, -0.2) is 68.2 Å². The molecule has 0 saturated carbocycles.